The van der Waals surface area contributed by atoms with E-state index in [1.165, 1.54) is 12.0 Å². The highest BCUT2D eigenvalue weighted by atomic mass is 16.3. The first-order chi connectivity index (χ1) is 6.71. The Balaban J connectivity index is 2.28. The minimum Gasteiger partial charge on any atom is -0.385 e. The van der Waals surface area contributed by atoms with E-state index in [0.717, 1.165) is 31.2 Å². The molecule has 2 rings (SSSR count). The monoisotopic (exact) mass is 190 g/mol. The van der Waals surface area contributed by atoms with Crippen LogP contribution in [0.3, 0.4) is 0 Å². The van der Waals surface area contributed by atoms with E-state index in [1.54, 1.807) is 0 Å². The Kier molecular flexibility index (Phi) is 2.60. The van der Waals surface area contributed by atoms with Crippen LogP contribution in [0.4, 0.5) is 0 Å². The molecule has 0 radical (unpaired) electrons. The number of hydrogen-bond donors (Lipinski definition) is 1. The molecule has 0 aliphatic heterocycles. The summed E-state index contributed by atoms with van der Waals surface area (Å²) in [6, 6.07) is 8.29. The van der Waals surface area contributed by atoms with Crippen LogP contribution < -0.4 is 0 Å². The number of hydrogen-bond acceptors (Lipinski definition) is 1. The van der Waals surface area contributed by atoms with E-state index in [2.05, 4.69) is 25.1 Å². The Bertz CT molecular complexity index is 311. The Morgan fingerprint density at radius 1 is 1.14 bits per heavy atom. The molecule has 0 heterocycles. The van der Waals surface area contributed by atoms with Crippen LogP contribution in [-0.4, -0.2) is 5.11 Å². The van der Waals surface area contributed by atoms with Crippen LogP contribution in [0.1, 0.15) is 43.2 Å². The van der Waals surface area contributed by atoms with Crippen molar-refractivity contribution in [2.45, 2.75) is 44.6 Å². The summed E-state index contributed by atoms with van der Waals surface area (Å²) in [5, 5.41) is 10.5. The molecule has 1 saturated carbocycles. The average Bonchev–Trinajstić information content (AvgIpc) is 2.19. The zero-order valence-electron chi connectivity index (χ0n) is 8.79. The summed E-state index contributed by atoms with van der Waals surface area (Å²) >= 11 is 0. The molecule has 0 spiro atoms. The number of aliphatic hydroxyl groups is 1. The van der Waals surface area contributed by atoms with E-state index in [9.17, 15) is 5.11 Å². The molecule has 1 nitrogen and oxygen atoms in total. The van der Waals surface area contributed by atoms with Crippen molar-refractivity contribution in [2.24, 2.45) is 0 Å². The standard InChI is InChI=1S/C13H18O/c1-11-6-5-7-12(10-11)13(14)8-3-2-4-9-13/h5-7,10,14H,2-4,8-9H2,1H3. The first-order valence-corrected chi connectivity index (χ1v) is 5.50. The van der Waals surface area contributed by atoms with E-state index in [-0.39, 0.29) is 0 Å². The summed E-state index contributed by atoms with van der Waals surface area (Å²) in [4.78, 5) is 0. The molecule has 0 bridgehead atoms. The number of benzene rings is 1. The molecule has 1 aromatic rings. The van der Waals surface area contributed by atoms with Gasteiger partial charge in [0.1, 0.15) is 0 Å². The fourth-order valence-corrected chi connectivity index (χ4v) is 2.36. The molecule has 1 aliphatic rings. The van der Waals surface area contributed by atoms with Crippen LogP contribution in [0.25, 0.3) is 0 Å². The van der Waals surface area contributed by atoms with Gasteiger partial charge in [0.25, 0.3) is 0 Å². The Labute approximate surface area is 85.8 Å². The molecule has 1 aliphatic carbocycles. The maximum atomic E-state index is 10.5. The van der Waals surface area contributed by atoms with Gasteiger partial charge in [-0.2, -0.15) is 0 Å². The highest BCUT2D eigenvalue weighted by Crippen LogP contribution is 2.36. The molecule has 14 heavy (non-hydrogen) atoms. The molecule has 1 aromatic carbocycles. The van der Waals surface area contributed by atoms with Gasteiger partial charge in [0.05, 0.1) is 5.60 Å². The van der Waals surface area contributed by atoms with Gasteiger partial charge in [0.15, 0.2) is 0 Å². The summed E-state index contributed by atoms with van der Waals surface area (Å²) in [5.41, 5.74) is 1.81. The van der Waals surface area contributed by atoms with Crippen LogP contribution in [0.2, 0.25) is 0 Å². The van der Waals surface area contributed by atoms with E-state index in [0.29, 0.717) is 0 Å². The van der Waals surface area contributed by atoms with Gasteiger partial charge in [0, 0.05) is 0 Å². The minimum absolute atomic E-state index is 0.537. The molecule has 0 amide bonds. The second-order valence-corrected chi connectivity index (χ2v) is 4.46. The zero-order chi connectivity index (χ0) is 10.0. The zero-order valence-corrected chi connectivity index (χ0v) is 8.79. The largest absolute Gasteiger partial charge is 0.385 e. The average molecular weight is 190 g/mol. The lowest BCUT2D eigenvalue weighted by molar-refractivity contribution is -0.000672. The molecule has 1 N–H and O–H groups in total. The van der Waals surface area contributed by atoms with Gasteiger partial charge in [-0.25, -0.2) is 0 Å². The third-order valence-corrected chi connectivity index (χ3v) is 3.24. The maximum Gasteiger partial charge on any atom is 0.0896 e. The second-order valence-electron chi connectivity index (χ2n) is 4.46. The molecule has 0 unspecified atom stereocenters. The van der Waals surface area contributed by atoms with Crippen molar-refractivity contribution >= 4 is 0 Å². The maximum absolute atomic E-state index is 10.5. The molecule has 1 heteroatoms. The lowest BCUT2D eigenvalue weighted by atomic mass is 9.79. The molecule has 1 fully saturated rings. The summed E-state index contributed by atoms with van der Waals surface area (Å²) in [6.45, 7) is 2.08. The van der Waals surface area contributed by atoms with Crippen LogP contribution in [0.15, 0.2) is 24.3 Å². The third-order valence-electron chi connectivity index (χ3n) is 3.24. The fourth-order valence-electron chi connectivity index (χ4n) is 2.36. The molecule has 0 atom stereocenters. The highest BCUT2D eigenvalue weighted by Gasteiger charge is 2.30. The minimum atomic E-state index is -0.537. The fraction of sp³-hybridized carbons (Fsp3) is 0.538. The molecular formula is C13H18O. The van der Waals surface area contributed by atoms with E-state index in [4.69, 9.17) is 0 Å². The van der Waals surface area contributed by atoms with Crippen LogP contribution in [0.5, 0.6) is 0 Å². The topological polar surface area (TPSA) is 20.2 Å². The molecule has 0 saturated heterocycles. The van der Waals surface area contributed by atoms with E-state index < -0.39 is 5.60 Å². The van der Waals surface area contributed by atoms with E-state index >= 15 is 0 Å². The predicted molar refractivity (Wildman–Crippen MR) is 58.2 cm³/mol. The summed E-state index contributed by atoms with van der Waals surface area (Å²) < 4.78 is 0. The molecule has 0 aromatic heterocycles. The van der Waals surface area contributed by atoms with Crippen molar-refractivity contribution < 1.29 is 5.11 Å². The Morgan fingerprint density at radius 2 is 1.86 bits per heavy atom. The van der Waals surface area contributed by atoms with Crippen molar-refractivity contribution in [1.29, 1.82) is 0 Å². The normalized spacial score (nSPS) is 20.7. The first-order valence-electron chi connectivity index (χ1n) is 5.50. The lowest BCUT2D eigenvalue weighted by Gasteiger charge is -2.32. The quantitative estimate of drug-likeness (QED) is 0.721. The summed E-state index contributed by atoms with van der Waals surface area (Å²) in [5.74, 6) is 0. The van der Waals surface area contributed by atoms with Gasteiger partial charge in [-0.05, 0) is 25.3 Å². The predicted octanol–water partition coefficient (Wildman–Crippen LogP) is 3.15. The SMILES string of the molecule is Cc1cccc(C2(O)CCCCC2)c1. The first kappa shape index (κ1) is 9.72. The van der Waals surface area contributed by atoms with Crippen LogP contribution in [0, 0.1) is 6.92 Å². The van der Waals surface area contributed by atoms with Gasteiger partial charge in [0.2, 0.25) is 0 Å². The van der Waals surface area contributed by atoms with Crippen molar-refractivity contribution in [3.05, 3.63) is 35.4 Å². The Morgan fingerprint density at radius 3 is 2.50 bits per heavy atom. The van der Waals surface area contributed by atoms with Gasteiger partial charge >= 0.3 is 0 Å². The van der Waals surface area contributed by atoms with Crippen LogP contribution in [-0.2, 0) is 5.60 Å². The summed E-state index contributed by atoms with van der Waals surface area (Å²) in [6.07, 6.45) is 5.44. The van der Waals surface area contributed by atoms with Crippen molar-refractivity contribution in [2.75, 3.05) is 0 Å². The highest BCUT2D eigenvalue weighted by molar-refractivity contribution is 5.27. The number of rotatable bonds is 1. The Hall–Kier alpha value is -0.820. The lowest BCUT2D eigenvalue weighted by Crippen LogP contribution is -2.28. The van der Waals surface area contributed by atoms with Gasteiger partial charge < -0.3 is 5.11 Å². The van der Waals surface area contributed by atoms with Crippen molar-refractivity contribution in [1.82, 2.24) is 0 Å². The van der Waals surface area contributed by atoms with Crippen molar-refractivity contribution in [3.8, 4) is 0 Å². The summed E-state index contributed by atoms with van der Waals surface area (Å²) in [7, 11) is 0. The van der Waals surface area contributed by atoms with Gasteiger partial charge in [-0.3, -0.25) is 0 Å². The van der Waals surface area contributed by atoms with E-state index in [1.807, 2.05) is 6.07 Å². The van der Waals surface area contributed by atoms with Gasteiger partial charge in [-0.1, -0.05) is 49.1 Å². The number of aryl methyl sites for hydroxylation is 1. The molecule has 76 valence electrons. The second kappa shape index (κ2) is 3.74. The van der Waals surface area contributed by atoms with Crippen molar-refractivity contribution in [3.63, 3.8) is 0 Å². The van der Waals surface area contributed by atoms with Crippen LogP contribution >= 0.6 is 0 Å². The third kappa shape index (κ3) is 1.83. The smallest absolute Gasteiger partial charge is 0.0896 e. The molecular weight excluding hydrogens is 172 g/mol. The van der Waals surface area contributed by atoms with Gasteiger partial charge in [-0.15, -0.1) is 0 Å².